The summed E-state index contributed by atoms with van der Waals surface area (Å²) in [4.78, 5) is 11.7. The molecular weight excluding hydrogens is 176 g/mol. The zero-order valence-corrected chi connectivity index (χ0v) is 8.89. The molecule has 1 rings (SSSR count). The van der Waals surface area contributed by atoms with Gasteiger partial charge in [-0.15, -0.1) is 6.42 Å². The number of carbonyl (C=O) groups excluding carboxylic acids is 1. The highest BCUT2D eigenvalue weighted by Crippen LogP contribution is 2.08. The maximum absolute atomic E-state index is 11.7. The van der Waals surface area contributed by atoms with Crippen LogP contribution in [-0.4, -0.2) is 24.0 Å². The Bertz CT molecular complexity index is 247. The Balaban J connectivity index is 2.45. The van der Waals surface area contributed by atoms with E-state index in [0.29, 0.717) is 0 Å². The lowest BCUT2D eigenvalue weighted by molar-refractivity contribution is -0.124. The van der Waals surface area contributed by atoms with E-state index in [9.17, 15) is 4.79 Å². The minimum Gasteiger partial charge on any atom is -0.339 e. The van der Waals surface area contributed by atoms with Gasteiger partial charge in [0.05, 0.1) is 11.6 Å². The van der Waals surface area contributed by atoms with Gasteiger partial charge in [0.1, 0.15) is 0 Å². The second-order valence-corrected chi connectivity index (χ2v) is 4.26. The molecule has 0 spiro atoms. The maximum atomic E-state index is 11.7. The minimum atomic E-state index is -0.545. The van der Waals surface area contributed by atoms with Gasteiger partial charge in [0.2, 0.25) is 5.91 Å². The molecule has 1 aliphatic rings. The molecule has 3 heteroatoms. The van der Waals surface area contributed by atoms with Crippen molar-refractivity contribution >= 4 is 5.91 Å². The summed E-state index contributed by atoms with van der Waals surface area (Å²) < 4.78 is 0. The third kappa shape index (κ3) is 3.04. The number of nitrogens with one attached hydrogen (secondary N) is 2. The molecule has 0 aromatic rings. The van der Waals surface area contributed by atoms with Crippen molar-refractivity contribution in [2.24, 2.45) is 0 Å². The van der Waals surface area contributed by atoms with Gasteiger partial charge in [-0.3, -0.25) is 4.79 Å². The first-order valence-electron chi connectivity index (χ1n) is 5.08. The fraction of sp³-hybridized carbons (Fsp3) is 0.727. The highest BCUT2D eigenvalue weighted by atomic mass is 16.2. The van der Waals surface area contributed by atoms with Crippen LogP contribution in [0.1, 0.15) is 33.1 Å². The quantitative estimate of drug-likeness (QED) is 0.634. The smallest absolute Gasteiger partial charge is 0.238 e. The number of hydrogen-bond donors (Lipinski definition) is 2. The van der Waals surface area contributed by atoms with Crippen LogP contribution >= 0.6 is 0 Å². The van der Waals surface area contributed by atoms with Crippen LogP contribution in [0.3, 0.4) is 0 Å². The Labute approximate surface area is 85.6 Å². The van der Waals surface area contributed by atoms with Crippen molar-refractivity contribution in [3.8, 4) is 12.3 Å². The maximum Gasteiger partial charge on any atom is 0.238 e. The Morgan fingerprint density at radius 3 is 2.79 bits per heavy atom. The van der Waals surface area contributed by atoms with Gasteiger partial charge in [-0.2, -0.15) is 0 Å². The first-order chi connectivity index (χ1) is 6.55. The molecule has 0 aromatic carbocycles. The molecule has 0 aliphatic carbocycles. The van der Waals surface area contributed by atoms with Crippen LogP contribution in [0.5, 0.6) is 0 Å². The van der Waals surface area contributed by atoms with E-state index in [0.717, 1.165) is 25.8 Å². The number of amides is 1. The summed E-state index contributed by atoms with van der Waals surface area (Å²) in [5.41, 5.74) is -0.545. The molecule has 0 saturated carbocycles. The van der Waals surface area contributed by atoms with E-state index in [4.69, 9.17) is 6.42 Å². The fourth-order valence-electron chi connectivity index (χ4n) is 1.51. The SMILES string of the molecule is C#CC(C)(C)NC(=O)[C@H]1CCCCN1. The van der Waals surface area contributed by atoms with Crippen LogP contribution < -0.4 is 10.6 Å². The summed E-state index contributed by atoms with van der Waals surface area (Å²) in [7, 11) is 0. The second kappa shape index (κ2) is 4.47. The van der Waals surface area contributed by atoms with Crippen LogP contribution in [0.15, 0.2) is 0 Å². The molecule has 2 N–H and O–H groups in total. The molecular formula is C11H18N2O. The normalized spacial score (nSPS) is 22.5. The Morgan fingerprint density at radius 2 is 2.29 bits per heavy atom. The lowest BCUT2D eigenvalue weighted by Gasteiger charge is -2.27. The van der Waals surface area contributed by atoms with Crippen LogP contribution in [0.4, 0.5) is 0 Å². The van der Waals surface area contributed by atoms with Crippen molar-refractivity contribution < 1.29 is 4.79 Å². The summed E-state index contributed by atoms with van der Waals surface area (Å²) in [6, 6.07) is -0.0589. The van der Waals surface area contributed by atoms with Crippen LogP contribution in [0.25, 0.3) is 0 Å². The monoisotopic (exact) mass is 194 g/mol. The predicted molar refractivity (Wildman–Crippen MR) is 56.7 cm³/mol. The van der Waals surface area contributed by atoms with Crippen molar-refractivity contribution in [2.45, 2.75) is 44.7 Å². The zero-order valence-electron chi connectivity index (χ0n) is 8.89. The molecule has 1 fully saturated rings. The Kier molecular flexibility index (Phi) is 3.54. The summed E-state index contributed by atoms with van der Waals surface area (Å²) >= 11 is 0. The number of carbonyl (C=O) groups is 1. The lowest BCUT2D eigenvalue weighted by Crippen LogP contribution is -2.52. The predicted octanol–water partition coefficient (Wildman–Crippen LogP) is 0.656. The van der Waals surface area contributed by atoms with Crippen molar-refractivity contribution in [3.63, 3.8) is 0 Å². The molecule has 1 aliphatic heterocycles. The van der Waals surface area contributed by atoms with E-state index >= 15 is 0 Å². The van der Waals surface area contributed by atoms with Crippen LogP contribution in [-0.2, 0) is 4.79 Å². The number of terminal acetylenes is 1. The molecule has 0 bridgehead atoms. The molecule has 78 valence electrons. The van der Waals surface area contributed by atoms with Crippen molar-refractivity contribution in [1.82, 2.24) is 10.6 Å². The standard InChI is InChI=1S/C11H18N2O/c1-4-11(2,3)13-10(14)9-7-5-6-8-12-9/h1,9,12H,5-8H2,2-3H3,(H,13,14)/t9-/m1/s1. The first kappa shape index (κ1) is 11.1. The van der Waals surface area contributed by atoms with E-state index in [-0.39, 0.29) is 11.9 Å². The van der Waals surface area contributed by atoms with Gasteiger partial charge in [0, 0.05) is 0 Å². The number of piperidine rings is 1. The molecule has 1 amide bonds. The fourth-order valence-corrected chi connectivity index (χ4v) is 1.51. The van der Waals surface area contributed by atoms with Gasteiger partial charge in [-0.25, -0.2) is 0 Å². The van der Waals surface area contributed by atoms with Gasteiger partial charge >= 0.3 is 0 Å². The van der Waals surface area contributed by atoms with E-state index in [1.807, 2.05) is 13.8 Å². The highest BCUT2D eigenvalue weighted by Gasteiger charge is 2.25. The second-order valence-electron chi connectivity index (χ2n) is 4.26. The average molecular weight is 194 g/mol. The summed E-state index contributed by atoms with van der Waals surface area (Å²) in [5, 5.41) is 6.02. The van der Waals surface area contributed by atoms with Crippen molar-refractivity contribution in [2.75, 3.05) is 6.54 Å². The van der Waals surface area contributed by atoms with Crippen molar-refractivity contribution in [3.05, 3.63) is 0 Å². The van der Waals surface area contributed by atoms with Gasteiger partial charge in [0.15, 0.2) is 0 Å². The molecule has 3 nitrogen and oxygen atoms in total. The van der Waals surface area contributed by atoms with Gasteiger partial charge in [-0.1, -0.05) is 12.3 Å². The summed E-state index contributed by atoms with van der Waals surface area (Å²) in [6.07, 6.45) is 8.48. The molecule has 0 unspecified atom stereocenters. The van der Waals surface area contributed by atoms with E-state index in [1.165, 1.54) is 0 Å². The van der Waals surface area contributed by atoms with Gasteiger partial charge in [-0.05, 0) is 33.2 Å². The molecule has 0 radical (unpaired) electrons. The summed E-state index contributed by atoms with van der Waals surface area (Å²) in [6.45, 7) is 4.58. The van der Waals surface area contributed by atoms with E-state index < -0.39 is 5.54 Å². The summed E-state index contributed by atoms with van der Waals surface area (Å²) in [5.74, 6) is 2.57. The molecule has 1 atom stereocenters. The number of rotatable bonds is 2. The highest BCUT2D eigenvalue weighted by molar-refractivity contribution is 5.82. The molecule has 1 saturated heterocycles. The largest absolute Gasteiger partial charge is 0.339 e. The molecule has 14 heavy (non-hydrogen) atoms. The van der Waals surface area contributed by atoms with E-state index in [1.54, 1.807) is 0 Å². The molecule has 1 heterocycles. The van der Waals surface area contributed by atoms with Crippen LogP contribution in [0, 0.1) is 12.3 Å². The Hall–Kier alpha value is -1.01. The molecule has 0 aromatic heterocycles. The minimum absolute atomic E-state index is 0.0210. The first-order valence-corrected chi connectivity index (χ1v) is 5.08. The zero-order chi connectivity index (χ0) is 10.6. The number of hydrogen-bond acceptors (Lipinski definition) is 2. The lowest BCUT2D eigenvalue weighted by atomic mass is 10.0. The topological polar surface area (TPSA) is 41.1 Å². The van der Waals surface area contributed by atoms with E-state index in [2.05, 4.69) is 16.6 Å². The third-order valence-electron chi connectivity index (χ3n) is 2.42. The van der Waals surface area contributed by atoms with Gasteiger partial charge < -0.3 is 10.6 Å². The van der Waals surface area contributed by atoms with Gasteiger partial charge in [0.25, 0.3) is 0 Å². The third-order valence-corrected chi connectivity index (χ3v) is 2.42. The average Bonchev–Trinajstić information content (AvgIpc) is 2.19. The van der Waals surface area contributed by atoms with Crippen LogP contribution in [0.2, 0.25) is 0 Å². The Morgan fingerprint density at radius 1 is 1.57 bits per heavy atom. The van der Waals surface area contributed by atoms with Crippen molar-refractivity contribution in [1.29, 1.82) is 0 Å².